The van der Waals surface area contributed by atoms with Crippen LogP contribution in [0.25, 0.3) is 0 Å². The van der Waals surface area contributed by atoms with Crippen molar-refractivity contribution in [3.8, 4) is 0 Å². The van der Waals surface area contributed by atoms with Crippen molar-refractivity contribution in [3.63, 3.8) is 0 Å². The van der Waals surface area contributed by atoms with Crippen LogP contribution in [0.15, 0.2) is 91.0 Å². The van der Waals surface area contributed by atoms with Crippen molar-refractivity contribution in [1.82, 2.24) is 0 Å². The molecule has 0 nitrogen and oxygen atoms in total. The Morgan fingerprint density at radius 1 is 0.429 bits per heavy atom. The molecular formula is C18H17Na2P. The second-order valence-corrected chi connectivity index (χ2v) is 6.56. The van der Waals surface area contributed by atoms with Gasteiger partial charge in [-0.3, -0.25) is 0 Å². The van der Waals surface area contributed by atoms with Gasteiger partial charge in [-0.1, -0.05) is 91.0 Å². The molecule has 0 saturated carbocycles. The van der Waals surface area contributed by atoms with Gasteiger partial charge >= 0.3 is 59.1 Å². The fourth-order valence-corrected chi connectivity index (χ4v) is 4.48. The molecular weight excluding hydrogens is 293 g/mol. The zero-order valence-electron chi connectivity index (χ0n) is 14.6. The van der Waals surface area contributed by atoms with Gasteiger partial charge in [-0.2, -0.15) is 0 Å². The molecule has 0 aliphatic rings. The molecule has 0 bridgehead atoms. The van der Waals surface area contributed by atoms with E-state index in [2.05, 4.69) is 91.0 Å². The normalized spacial score (nSPS) is 9.57. The van der Waals surface area contributed by atoms with Gasteiger partial charge in [0.05, 0.1) is 0 Å². The zero-order valence-corrected chi connectivity index (χ0v) is 17.5. The van der Waals surface area contributed by atoms with Crippen LogP contribution in [0.3, 0.4) is 0 Å². The van der Waals surface area contributed by atoms with Crippen LogP contribution in [-0.4, -0.2) is 0 Å². The van der Waals surface area contributed by atoms with E-state index in [0.717, 1.165) is 0 Å². The Hall–Kier alpha value is 0.0900. The van der Waals surface area contributed by atoms with Gasteiger partial charge in [-0.15, -0.1) is 0 Å². The summed E-state index contributed by atoms with van der Waals surface area (Å²) in [7, 11) is -0.446. The van der Waals surface area contributed by atoms with E-state index in [1.807, 2.05) is 0 Å². The smallest absolute Gasteiger partial charge is 1.00 e. The van der Waals surface area contributed by atoms with Crippen LogP contribution in [0.1, 0.15) is 2.85 Å². The van der Waals surface area contributed by atoms with Gasteiger partial charge in [0, 0.05) is 0 Å². The molecule has 3 aromatic rings. The molecule has 0 radical (unpaired) electrons. The summed E-state index contributed by atoms with van der Waals surface area (Å²) in [5.41, 5.74) is 0. The minimum atomic E-state index is -0.446. The molecule has 0 aliphatic heterocycles. The SMILES string of the molecule is [H-].[H-].[Na+].[Na+].c1ccc(P(c2ccccc2)c2ccccc2)cc1. The van der Waals surface area contributed by atoms with Gasteiger partial charge in [0.1, 0.15) is 0 Å². The molecule has 96 valence electrons. The Bertz CT molecular complexity index is 543. The molecule has 0 fully saturated rings. The van der Waals surface area contributed by atoms with E-state index in [1.165, 1.54) is 15.9 Å². The van der Waals surface area contributed by atoms with Crippen LogP contribution < -0.4 is 75.0 Å². The number of hydrogen-bond donors (Lipinski definition) is 0. The Labute approximate surface area is 175 Å². The summed E-state index contributed by atoms with van der Waals surface area (Å²) in [6, 6.07) is 32.3. The van der Waals surface area contributed by atoms with Gasteiger partial charge in [0.15, 0.2) is 0 Å². The Morgan fingerprint density at radius 3 is 0.905 bits per heavy atom. The number of hydrogen-bond acceptors (Lipinski definition) is 0. The molecule has 3 aromatic carbocycles. The fourth-order valence-electron chi connectivity index (χ4n) is 2.18. The first-order chi connectivity index (χ1) is 9.45. The van der Waals surface area contributed by atoms with Gasteiger partial charge in [-0.25, -0.2) is 0 Å². The maximum Gasteiger partial charge on any atom is 1.00 e. The predicted molar refractivity (Wildman–Crippen MR) is 87.4 cm³/mol. The summed E-state index contributed by atoms with van der Waals surface area (Å²) in [5.74, 6) is 0. The van der Waals surface area contributed by atoms with E-state index in [9.17, 15) is 0 Å². The molecule has 0 aromatic heterocycles. The third kappa shape index (κ3) is 5.05. The quantitative estimate of drug-likeness (QED) is 0.376. The summed E-state index contributed by atoms with van der Waals surface area (Å²) in [4.78, 5) is 0. The summed E-state index contributed by atoms with van der Waals surface area (Å²) in [5, 5.41) is 4.19. The maximum atomic E-state index is 2.23. The standard InChI is InChI=1S/C18H15P.2Na.2H/c1-4-10-16(11-5-1)19(17-12-6-2-7-13-17)18-14-8-3-9-15-18;;;;/h1-15H;;;;/q;2*+1;2*-1. The minimum absolute atomic E-state index is 0. The molecule has 0 unspecified atom stereocenters. The van der Waals surface area contributed by atoms with Crippen molar-refractivity contribution in [3.05, 3.63) is 91.0 Å². The predicted octanol–water partition coefficient (Wildman–Crippen LogP) is -2.32. The van der Waals surface area contributed by atoms with E-state index in [4.69, 9.17) is 0 Å². The fraction of sp³-hybridized carbons (Fsp3) is 0. The molecule has 21 heavy (non-hydrogen) atoms. The molecule has 0 amide bonds. The molecule has 3 heteroatoms. The molecule has 0 aliphatic carbocycles. The van der Waals surface area contributed by atoms with Crippen LogP contribution in [0.5, 0.6) is 0 Å². The van der Waals surface area contributed by atoms with Gasteiger partial charge in [0.2, 0.25) is 0 Å². The first-order valence-corrected chi connectivity index (χ1v) is 7.74. The van der Waals surface area contributed by atoms with Crippen LogP contribution in [-0.2, 0) is 0 Å². The monoisotopic (exact) mass is 310 g/mol. The number of benzene rings is 3. The van der Waals surface area contributed by atoms with Crippen molar-refractivity contribution in [2.24, 2.45) is 0 Å². The molecule has 0 spiro atoms. The van der Waals surface area contributed by atoms with Crippen molar-refractivity contribution < 1.29 is 62.0 Å². The van der Waals surface area contributed by atoms with E-state index in [-0.39, 0.29) is 62.0 Å². The molecule has 0 heterocycles. The largest absolute Gasteiger partial charge is 1.00 e. The van der Waals surface area contributed by atoms with Crippen LogP contribution in [0.4, 0.5) is 0 Å². The minimum Gasteiger partial charge on any atom is -1.00 e. The Balaban J connectivity index is 0. The van der Waals surface area contributed by atoms with Crippen LogP contribution in [0.2, 0.25) is 0 Å². The molecule has 0 N–H and O–H groups in total. The second kappa shape index (κ2) is 9.98. The molecule has 3 rings (SSSR count). The first kappa shape index (κ1) is 19.1. The summed E-state index contributed by atoms with van der Waals surface area (Å²) >= 11 is 0. The van der Waals surface area contributed by atoms with E-state index >= 15 is 0 Å². The van der Waals surface area contributed by atoms with E-state index in [0.29, 0.717) is 0 Å². The van der Waals surface area contributed by atoms with Crippen molar-refractivity contribution in [2.75, 3.05) is 0 Å². The molecule has 0 saturated heterocycles. The third-order valence-electron chi connectivity index (χ3n) is 3.04. The van der Waals surface area contributed by atoms with Gasteiger partial charge in [0.25, 0.3) is 0 Å². The van der Waals surface area contributed by atoms with Gasteiger partial charge in [-0.05, 0) is 23.8 Å². The number of rotatable bonds is 3. The summed E-state index contributed by atoms with van der Waals surface area (Å²) in [6.45, 7) is 0. The van der Waals surface area contributed by atoms with Crippen molar-refractivity contribution in [1.29, 1.82) is 0 Å². The van der Waals surface area contributed by atoms with Crippen LogP contribution in [0, 0.1) is 0 Å². The van der Waals surface area contributed by atoms with Crippen molar-refractivity contribution >= 4 is 23.8 Å². The van der Waals surface area contributed by atoms with Crippen LogP contribution >= 0.6 is 7.92 Å². The Kier molecular flexibility index (Phi) is 9.09. The van der Waals surface area contributed by atoms with E-state index < -0.39 is 7.92 Å². The maximum absolute atomic E-state index is 2.23. The molecule has 0 atom stereocenters. The first-order valence-electron chi connectivity index (χ1n) is 6.40. The Morgan fingerprint density at radius 2 is 0.667 bits per heavy atom. The average molecular weight is 310 g/mol. The van der Waals surface area contributed by atoms with E-state index in [1.54, 1.807) is 0 Å². The average Bonchev–Trinajstić information content (AvgIpc) is 2.51. The van der Waals surface area contributed by atoms with Gasteiger partial charge < -0.3 is 2.85 Å². The zero-order chi connectivity index (χ0) is 12.9. The topological polar surface area (TPSA) is 0 Å². The van der Waals surface area contributed by atoms with Crippen molar-refractivity contribution in [2.45, 2.75) is 0 Å². The second-order valence-electron chi connectivity index (χ2n) is 4.34. The summed E-state index contributed by atoms with van der Waals surface area (Å²) < 4.78 is 0. The third-order valence-corrected chi connectivity index (χ3v) is 5.49. The summed E-state index contributed by atoms with van der Waals surface area (Å²) in [6.07, 6.45) is 0.